The quantitative estimate of drug-likeness (QED) is 0.472. The van der Waals surface area contributed by atoms with Crippen molar-refractivity contribution < 1.29 is 31.8 Å². The van der Waals surface area contributed by atoms with E-state index in [9.17, 15) is 17.6 Å². The van der Waals surface area contributed by atoms with Crippen LogP contribution in [0.1, 0.15) is 21.5 Å². The lowest BCUT2D eigenvalue weighted by Gasteiger charge is -2.20. The van der Waals surface area contributed by atoms with Crippen LogP contribution < -0.4 is 14.2 Å². The predicted molar refractivity (Wildman–Crippen MR) is 137 cm³/mol. The summed E-state index contributed by atoms with van der Waals surface area (Å²) in [6, 6.07) is 15.5. The van der Waals surface area contributed by atoms with Gasteiger partial charge in [0.05, 0.1) is 25.9 Å². The van der Waals surface area contributed by atoms with E-state index in [1.165, 1.54) is 38.5 Å². The fourth-order valence-corrected chi connectivity index (χ4v) is 5.49. The van der Waals surface area contributed by atoms with E-state index in [0.717, 1.165) is 17.2 Å². The van der Waals surface area contributed by atoms with E-state index in [2.05, 4.69) is 4.72 Å². The zero-order valence-corrected chi connectivity index (χ0v) is 21.8. The van der Waals surface area contributed by atoms with E-state index in [1.807, 2.05) is 32.0 Å². The molecule has 3 aromatic carbocycles. The normalized spacial score (nSPS) is 17.5. The SMILES string of the molecule is COc1ccccc1S(=O)(=O)Nc1cc(OC2CN(C(=O)c3cc(C)ccc3C)CC2OC)ccc1F. The molecule has 0 bridgehead atoms. The second-order valence-electron chi connectivity index (χ2n) is 8.86. The van der Waals surface area contributed by atoms with E-state index in [0.29, 0.717) is 12.1 Å². The number of hydrogen-bond acceptors (Lipinski definition) is 6. The maximum Gasteiger partial charge on any atom is 0.265 e. The van der Waals surface area contributed by atoms with Gasteiger partial charge in [0.2, 0.25) is 0 Å². The highest BCUT2D eigenvalue weighted by atomic mass is 32.2. The van der Waals surface area contributed by atoms with Gasteiger partial charge in [-0.05, 0) is 49.7 Å². The van der Waals surface area contributed by atoms with Crippen molar-refractivity contribution in [3.05, 3.63) is 83.2 Å². The van der Waals surface area contributed by atoms with Crippen LogP contribution in [-0.4, -0.2) is 58.7 Å². The van der Waals surface area contributed by atoms with E-state index in [-0.39, 0.29) is 34.5 Å². The number of rotatable bonds is 8. The maximum atomic E-state index is 14.6. The first-order valence-corrected chi connectivity index (χ1v) is 13.1. The van der Waals surface area contributed by atoms with Crippen LogP contribution in [0.15, 0.2) is 65.6 Å². The van der Waals surface area contributed by atoms with Crippen LogP contribution in [0.2, 0.25) is 0 Å². The number of carbonyl (C=O) groups excluding carboxylic acids is 1. The first-order chi connectivity index (χ1) is 17.6. The van der Waals surface area contributed by atoms with Gasteiger partial charge in [-0.15, -0.1) is 0 Å². The van der Waals surface area contributed by atoms with E-state index < -0.39 is 28.0 Å². The standard InChI is InChI=1S/C27H29FN2O6S/c1-17-9-10-18(2)20(13-17)27(31)30-15-24(35-4)25(16-30)36-19-11-12-21(28)22(14-19)29-37(32,33)26-8-6-5-7-23(26)34-3/h5-14,24-25,29H,15-16H2,1-4H3. The number of carbonyl (C=O) groups is 1. The molecule has 0 aliphatic carbocycles. The molecule has 0 radical (unpaired) electrons. The van der Waals surface area contributed by atoms with Crippen LogP contribution in [0.25, 0.3) is 0 Å². The number of benzene rings is 3. The Bertz CT molecular complexity index is 1410. The fourth-order valence-electron chi connectivity index (χ4n) is 4.26. The Morgan fingerprint density at radius 3 is 2.46 bits per heavy atom. The van der Waals surface area contributed by atoms with E-state index in [1.54, 1.807) is 17.0 Å². The monoisotopic (exact) mass is 528 g/mol. The number of halogens is 1. The van der Waals surface area contributed by atoms with Gasteiger partial charge in [0.25, 0.3) is 15.9 Å². The van der Waals surface area contributed by atoms with Crippen molar-refractivity contribution in [3.8, 4) is 11.5 Å². The number of methoxy groups -OCH3 is 2. The van der Waals surface area contributed by atoms with Gasteiger partial charge in [-0.3, -0.25) is 9.52 Å². The molecule has 2 unspecified atom stereocenters. The number of nitrogens with one attached hydrogen (secondary N) is 1. The summed E-state index contributed by atoms with van der Waals surface area (Å²) in [5, 5.41) is 0. The van der Waals surface area contributed by atoms with Crippen molar-refractivity contribution in [2.24, 2.45) is 0 Å². The second kappa shape index (κ2) is 10.8. The number of ether oxygens (including phenoxy) is 3. The molecule has 1 amide bonds. The minimum Gasteiger partial charge on any atom is -0.495 e. The lowest BCUT2D eigenvalue weighted by molar-refractivity contribution is 0.0339. The van der Waals surface area contributed by atoms with Gasteiger partial charge in [-0.2, -0.15) is 0 Å². The van der Waals surface area contributed by atoms with Gasteiger partial charge < -0.3 is 19.1 Å². The molecule has 3 aromatic rings. The van der Waals surface area contributed by atoms with Crippen LogP contribution in [0, 0.1) is 19.7 Å². The average molecular weight is 529 g/mol. The molecule has 4 rings (SSSR count). The number of aryl methyl sites for hydroxylation is 2. The largest absolute Gasteiger partial charge is 0.495 e. The summed E-state index contributed by atoms with van der Waals surface area (Å²) in [4.78, 5) is 14.7. The Hall–Kier alpha value is -3.63. The zero-order valence-electron chi connectivity index (χ0n) is 21.0. The Labute approximate surface area is 216 Å². The number of para-hydroxylation sites is 1. The molecule has 1 aliphatic heterocycles. The maximum absolute atomic E-state index is 14.6. The van der Waals surface area contributed by atoms with E-state index >= 15 is 0 Å². The summed E-state index contributed by atoms with van der Waals surface area (Å²) in [5.74, 6) is -0.538. The number of hydrogen-bond donors (Lipinski definition) is 1. The molecule has 37 heavy (non-hydrogen) atoms. The number of nitrogens with zero attached hydrogens (tertiary/aromatic N) is 1. The van der Waals surface area contributed by atoms with Gasteiger partial charge in [0.1, 0.15) is 34.4 Å². The number of likely N-dealkylation sites (tertiary alicyclic amines) is 1. The second-order valence-corrected chi connectivity index (χ2v) is 10.5. The molecule has 1 N–H and O–H groups in total. The van der Waals surface area contributed by atoms with Crippen molar-refractivity contribution in [2.75, 3.05) is 32.0 Å². The average Bonchev–Trinajstić information content (AvgIpc) is 3.29. The minimum absolute atomic E-state index is 0.126. The molecular formula is C27H29FN2O6S. The first kappa shape index (κ1) is 26.4. The Kier molecular flexibility index (Phi) is 7.70. The van der Waals surface area contributed by atoms with E-state index in [4.69, 9.17) is 14.2 Å². The number of sulfonamides is 1. The van der Waals surface area contributed by atoms with Crippen molar-refractivity contribution in [3.63, 3.8) is 0 Å². The molecule has 1 aliphatic rings. The van der Waals surface area contributed by atoms with Crippen LogP contribution in [-0.2, 0) is 14.8 Å². The Morgan fingerprint density at radius 1 is 1.00 bits per heavy atom. The fraction of sp³-hybridized carbons (Fsp3) is 0.296. The van der Waals surface area contributed by atoms with Gasteiger partial charge in [-0.1, -0.05) is 29.8 Å². The lowest BCUT2D eigenvalue weighted by atomic mass is 10.0. The van der Waals surface area contributed by atoms with Crippen LogP contribution in [0.5, 0.6) is 11.5 Å². The summed E-state index contributed by atoms with van der Waals surface area (Å²) >= 11 is 0. The van der Waals surface area contributed by atoms with Gasteiger partial charge in [-0.25, -0.2) is 12.8 Å². The summed E-state index contributed by atoms with van der Waals surface area (Å²) in [6.07, 6.45) is -0.962. The highest BCUT2D eigenvalue weighted by molar-refractivity contribution is 7.92. The van der Waals surface area contributed by atoms with Crippen molar-refractivity contribution in [2.45, 2.75) is 31.0 Å². The Morgan fingerprint density at radius 2 is 1.73 bits per heavy atom. The minimum atomic E-state index is -4.14. The van der Waals surface area contributed by atoms with Crippen molar-refractivity contribution >= 4 is 21.6 Å². The molecular weight excluding hydrogens is 499 g/mol. The highest BCUT2D eigenvalue weighted by Crippen LogP contribution is 2.30. The zero-order chi connectivity index (χ0) is 26.7. The Balaban J connectivity index is 1.53. The van der Waals surface area contributed by atoms with Gasteiger partial charge >= 0.3 is 0 Å². The summed E-state index contributed by atoms with van der Waals surface area (Å²) < 4.78 is 59.5. The smallest absolute Gasteiger partial charge is 0.265 e. The molecule has 2 atom stereocenters. The summed E-state index contributed by atoms with van der Waals surface area (Å²) in [6.45, 7) is 4.39. The van der Waals surface area contributed by atoms with Crippen LogP contribution in [0.3, 0.4) is 0 Å². The summed E-state index contributed by atoms with van der Waals surface area (Å²) in [7, 11) is -1.26. The molecule has 196 valence electrons. The number of anilines is 1. The molecule has 1 heterocycles. The molecule has 8 nitrogen and oxygen atoms in total. The lowest BCUT2D eigenvalue weighted by Crippen LogP contribution is -2.32. The number of amides is 1. The van der Waals surface area contributed by atoms with Crippen LogP contribution in [0.4, 0.5) is 10.1 Å². The van der Waals surface area contributed by atoms with Crippen molar-refractivity contribution in [1.29, 1.82) is 0 Å². The van der Waals surface area contributed by atoms with Crippen molar-refractivity contribution in [1.82, 2.24) is 4.90 Å². The van der Waals surface area contributed by atoms with Gasteiger partial charge in [0.15, 0.2) is 0 Å². The predicted octanol–water partition coefficient (Wildman–Crippen LogP) is 4.17. The highest BCUT2D eigenvalue weighted by Gasteiger charge is 2.38. The molecule has 0 aromatic heterocycles. The molecule has 0 saturated carbocycles. The summed E-state index contributed by atoms with van der Waals surface area (Å²) in [5.41, 5.74) is 2.20. The first-order valence-electron chi connectivity index (χ1n) is 11.6. The van der Waals surface area contributed by atoms with Gasteiger partial charge in [0, 0.05) is 18.7 Å². The molecule has 10 heteroatoms. The molecule has 1 fully saturated rings. The topological polar surface area (TPSA) is 94.2 Å². The third-order valence-corrected chi connectivity index (χ3v) is 7.66. The third-order valence-electron chi connectivity index (χ3n) is 6.26. The molecule has 0 spiro atoms. The third kappa shape index (κ3) is 5.70. The molecule has 1 saturated heterocycles. The van der Waals surface area contributed by atoms with Crippen LogP contribution >= 0.6 is 0 Å².